The van der Waals surface area contributed by atoms with E-state index in [1.807, 2.05) is 0 Å². The van der Waals surface area contributed by atoms with Gasteiger partial charge < -0.3 is 38.6 Å². The lowest BCUT2D eigenvalue weighted by Gasteiger charge is -2.12. The second kappa shape index (κ2) is 21.6. The first kappa shape index (κ1) is 31.4. The summed E-state index contributed by atoms with van der Waals surface area (Å²) in [6.45, 7) is 5.15. The van der Waals surface area contributed by atoms with Crippen LogP contribution in [0.25, 0.3) is 0 Å². The van der Waals surface area contributed by atoms with Crippen LogP contribution in [0.5, 0.6) is 0 Å². The molecule has 1 fully saturated rings. The number of ether oxygens (including phenoxy) is 6. The standard InChI is InChI=1S/C21H35BrN2O11/c22-17-18(25)23-4-6-30-8-10-32-12-14-34-16-15-33-13-11-31-9-7-29-5-3-21(28)35-24-19(26)1-2-20(24)27/h1-17H2,(H,23,25). The summed E-state index contributed by atoms with van der Waals surface area (Å²) in [5, 5.41) is 3.47. The van der Waals surface area contributed by atoms with Gasteiger partial charge in [0.1, 0.15) is 0 Å². The van der Waals surface area contributed by atoms with Gasteiger partial charge in [-0.3, -0.25) is 14.4 Å². The summed E-state index contributed by atoms with van der Waals surface area (Å²) in [5.41, 5.74) is 0. The Balaban J connectivity index is 1.72. The Bertz CT molecular complexity index is 608. The summed E-state index contributed by atoms with van der Waals surface area (Å²) < 4.78 is 32.0. The van der Waals surface area contributed by atoms with Crippen LogP contribution in [0.4, 0.5) is 0 Å². The van der Waals surface area contributed by atoms with Crippen LogP contribution in [0.2, 0.25) is 0 Å². The van der Waals surface area contributed by atoms with Crippen LogP contribution in [-0.2, 0) is 52.4 Å². The van der Waals surface area contributed by atoms with E-state index in [9.17, 15) is 19.2 Å². The quantitative estimate of drug-likeness (QED) is 0.0970. The summed E-state index contributed by atoms with van der Waals surface area (Å²) in [6.07, 6.45) is 0.0504. The Morgan fingerprint density at radius 2 is 1.09 bits per heavy atom. The Labute approximate surface area is 213 Å². The number of rotatable bonds is 23. The maximum absolute atomic E-state index is 11.6. The third-order valence-corrected chi connectivity index (χ3v) is 4.71. The molecule has 0 unspecified atom stereocenters. The summed E-state index contributed by atoms with van der Waals surface area (Å²) >= 11 is 3.06. The van der Waals surface area contributed by atoms with Crippen LogP contribution in [0, 0.1) is 0 Å². The van der Waals surface area contributed by atoms with Gasteiger partial charge in [-0.25, -0.2) is 4.79 Å². The molecule has 202 valence electrons. The smallest absolute Gasteiger partial charge is 0.335 e. The molecule has 1 aliphatic heterocycles. The van der Waals surface area contributed by atoms with Gasteiger partial charge >= 0.3 is 5.97 Å². The number of hydrogen-bond acceptors (Lipinski definition) is 11. The molecule has 0 aliphatic carbocycles. The van der Waals surface area contributed by atoms with Gasteiger partial charge in [0.15, 0.2) is 0 Å². The van der Waals surface area contributed by atoms with E-state index in [-0.39, 0.29) is 43.7 Å². The average Bonchev–Trinajstić information content (AvgIpc) is 3.16. The van der Waals surface area contributed by atoms with Crippen molar-refractivity contribution in [3.05, 3.63) is 0 Å². The number of carbonyl (C=O) groups excluding carboxylic acids is 4. The first-order chi connectivity index (χ1) is 17.0. The van der Waals surface area contributed by atoms with Gasteiger partial charge in [0.25, 0.3) is 11.8 Å². The summed E-state index contributed by atoms with van der Waals surface area (Å²) in [4.78, 5) is 50.0. The molecule has 0 bridgehead atoms. The molecular weight excluding hydrogens is 536 g/mol. The fourth-order valence-electron chi connectivity index (χ4n) is 2.47. The molecule has 1 saturated heterocycles. The Morgan fingerprint density at radius 3 is 1.51 bits per heavy atom. The Kier molecular flexibility index (Phi) is 19.3. The molecule has 14 heteroatoms. The predicted molar refractivity (Wildman–Crippen MR) is 124 cm³/mol. The lowest BCUT2D eigenvalue weighted by atomic mass is 10.4. The highest BCUT2D eigenvalue weighted by molar-refractivity contribution is 9.09. The third-order valence-electron chi connectivity index (χ3n) is 4.20. The van der Waals surface area contributed by atoms with Crippen molar-refractivity contribution < 1.29 is 52.4 Å². The van der Waals surface area contributed by atoms with E-state index >= 15 is 0 Å². The van der Waals surface area contributed by atoms with E-state index in [0.717, 1.165) is 0 Å². The van der Waals surface area contributed by atoms with Gasteiger partial charge in [0.05, 0.1) is 91.0 Å². The fraction of sp³-hybridized carbons (Fsp3) is 0.810. The molecular formula is C21H35BrN2O11. The summed E-state index contributed by atoms with van der Waals surface area (Å²) in [5.74, 6) is -1.79. The second-order valence-corrected chi connectivity index (χ2v) is 7.51. The van der Waals surface area contributed by atoms with Crippen molar-refractivity contribution in [2.24, 2.45) is 0 Å². The number of hydroxylamine groups is 2. The molecule has 1 heterocycles. The van der Waals surface area contributed by atoms with Gasteiger partial charge in [0, 0.05) is 19.4 Å². The molecule has 0 spiro atoms. The van der Waals surface area contributed by atoms with Gasteiger partial charge in [0.2, 0.25) is 5.91 Å². The maximum Gasteiger partial charge on any atom is 0.335 e. The van der Waals surface area contributed by atoms with Crippen molar-refractivity contribution in [2.45, 2.75) is 19.3 Å². The highest BCUT2D eigenvalue weighted by Crippen LogP contribution is 2.12. The van der Waals surface area contributed by atoms with Crippen LogP contribution in [0.15, 0.2) is 0 Å². The van der Waals surface area contributed by atoms with Crippen molar-refractivity contribution in [3.8, 4) is 0 Å². The minimum Gasteiger partial charge on any atom is -0.378 e. The predicted octanol–water partition coefficient (Wildman–Crippen LogP) is -0.406. The largest absolute Gasteiger partial charge is 0.378 e. The molecule has 1 N–H and O–H groups in total. The van der Waals surface area contributed by atoms with Crippen molar-refractivity contribution in [1.29, 1.82) is 0 Å². The van der Waals surface area contributed by atoms with Crippen molar-refractivity contribution in [3.63, 3.8) is 0 Å². The highest BCUT2D eigenvalue weighted by atomic mass is 79.9. The SMILES string of the molecule is O=C(CBr)NCCOCCOCCOCCOCCOCCOCCC(=O)ON1C(=O)CCC1=O. The number of hydrogen-bond donors (Lipinski definition) is 1. The minimum absolute atomic E-state index is 0.0611. The van der Waals surface area contributed by atoms with Crippen LogP contribution in [-0.4, -0.2) is 120 Å². The lowest BCUT2D eigenvalue weighted by Crippen LogP contribution is -2.32. The van der Waals surface area contributed by atoms with Gasteiger partial charge in [-0.15, -0.1) is 5.06 Å². The van der Waals surface area contributed by atoms with E-state index in [4.69, 9.17) is 33.3 Å². The summed E-state index contributed by atoms with van der Waals surface area (Å²) in [6, 6.07) is 0. The average molecular weight is 571 g/mol. The first-order valence-electron chi connectivity index (χ1n) is 11.4. The molecule has 0 atom stereocenters. The van der Waals surface area contributed by atoms with E-state index in [1.165, 1.54) is 0 Å². The van der Waals surface area contributed by atoms with Crippen LogP contribution in [0.1, 0.15) is 19.3 Å². The number of nitrogens with zero attached hydrogens (tertiary/aromatic N) is 1. The number of alkyl halides is 1. The number of carbonyl (C=O) groups is 4. The molecule has 0 aromatic heterocycles. The van der Waals surface area contributed by atoms with E-state index in [1.54, 1.807) is 0 Å². The molecule has 1 aliphatic rings. The Hall–Kier alpha value is -1.68. The second-order valence-electron chi connectivity index (χ2n) is 6.95. The zero-order valence-corrected chi connectivity index (χ0v) is 21.4. The minimum atomic E-state index is -0.699. The molecule has 0 aromatic rings. The maximum atomic E-state index is 11.6. The number of nitrogens with one attached hydrogen (secondary N) is 1. The number of halogens is 1. The van der Waals surface area contributed by atoms with Crippen LogP contribution >= 0.6 is 15.9 Å². The zero-order valence-electron chi connectivity index (χ0n) is 19.8. The number of amides is 3. The van der Waals surface area contributed by atoms with E-state index < -0.39 is 17.8 Å². The molecule has 35 heavy (non-hydrogen) atoms. The molecule has 13 nitrogen and oxygen atoms in total. The lowest BCUT2D eigenvalue weighted by molar-refractivity contribution is -0.198. The number of imide groups is 1. The zero-order chi connectivity index (χ0) is 25.6. The monoisotopic (exact) mass is 570 g/mol. The summed E-state index contributed by atoms with van der Waals surface area (Å²) in [7, 11) is 0. The van der Waals surface area contributed by atoms with Gasteiger partial charge in [-0.05, 0) is 0 Å². The molecule has 3 amide bonds. The molecule has 0 saturated carbocycles. The van der Waals surface area contributed by atoms with Crippen molar-refractivity contribution in [2.75, 3.05) is 91.2 Å². The molecule has 0 aromatic carbocycles. The van der Waals surface area contributed by atoms with Crippen molar-refractivity contribution in [1.82, 2.24) is 10.4 Å². The normalized spacial score (nSPS) is 13.5. The Morgan fingerprint density at radius 1 is 0.686 bits per heavy atom. The molecule has 0 radical (unpaired) electrons. The molecule has 1 rings (SSSR count). The topological polar surface area (TPSA) is 148 Å². The van der Waals surface area contributed by atoms with Gasteiger partial charge in [-0.2, -0.15) is 0 Å². The highest BCUT2D eigenvalue weighted by Gasteiger charge is 2.32. The van der Waals surface area contributed by atoms with E-state index in [0.29, 0.717) is 77.7 Å². The van der Waals surface area contributed by atoms with Crippen LogP contribution in [0.3, 0.4) is 0 Å². The third kappa shape index (κ3) is 17.4. The van der Waals surface area contributed by atoms with Gasteiger partial charge in [-0.1, -0.05) is 15.9 Å². The fourth-order valence-corrected chi connectivity index (χ4v) is 2.67. The van der Waals surface area contributed by atoms with E-state index in [2.05, 4.69) is 21.2 Å². The van der Waals surface area contributed by atoms with Crippen molar-refractivity contribution >= 4 is 39.6 Å². The van der Waals surface area contributed by atoms with Crippen LogP contribution < -0.4 is 5.32 Å². The first-order valence-corrected chi connectivity index (χ1v) is 12.5.